The number of nitrogens with zero attached hydrogens (tertiary/aromatic N) is 3. The molecule has 1 unspecified atom stereocenters. The number of hydrogen-bond donors (Lipinski definition) is 0. The van der Waals surface area contributed by atoms with E-state index in [1.807, 2.05) is 24.0 Å². The van der Waals surface area contributed by atoms with Crippen LogP contribution in [0.25, 0.3) is 0 Å². The van der Waals surface area contributed by atoms with Crippen molar-refractivity contribution < 1.29 is 27.4 Å². The van der Waals surface area contributed by atoms with Gasteiger partial charge in [0, 0.05) is 32.8 Å². The third-order valence-corrected chi connectivity index (χ3v) is 5.38. The lowest BCUT2D eigenvalue weighted by molar-refractivity contribution is -0.139. The maximum Gasteiger partial charge on any atom is 0.416 e. The summed E-state index contributed by atoms with van der Waals surface area (Å²) in [6.45, 7) is 3.36. The van der Waals surface area contributed by atoms with Crippen LogP contribution in [0.2, 0.25) is 0 Å². The van der Waals surface area contributed by atoms with Gasteiger partial charge in [-0.25, -0.2) is 4.99 Å². The van der Waals surface area contributed by atoms with Crippen LogP contribution in [0, 0.1) is 0 Å². The number of carbonyl (C=O) groups excluding carboxylic acids is 1. The summed E-state index contributed by atoms with van der Waals surface area (Å²) in [5.74, 6) is 1.21. The second kappa shape index (κ2) is 8.22. The Kier molecular flexibility index (Phi) is 5.62. The summed E-state index contributed by atoms with van der Waals surface area (Å²) >= 11 is 0. The van der Waals surface area contributed by atoms with Gasteiger partial charge < -0.3 is 19.3 Å². The van der Waals surface area contributed by atoms with E-state index < -0.39 is 11.7 Å². The largest absolute Gasteiger partial charge is 0.454 e. The molecule has 0 bridgehead atoms. The highest BCUT2D eigenvalue weighted by Crippen LogP contribution is 2.41. The fraction of sp³-hybridized carbons (Fsp3) is 0.364. The van der Waals surface area contributed by atoms with E-state index in [2.05, 4.69) is 4.99 Å². The molecule has 2 heterocycles. The molecule has 0 spiro atoms. The number of piperazine rings is 1. The smallest absolute Gasteiger partial charge is 0.416 e. The summed E-state index contributed by atoms with van der Waals surface area (Å²) in [7, 11) is 1.47. The second-order valence-corrected chi connectivity index (χ2v) is 7.53. The van der Waals surface area contributed by atoms with Crippen LogP contribution < -0.4 is 4.74 Å². The number of methoxy groups -OCH3 is 1. The molecule has 1 amide bonds. The Morgan fingerprint density at radius 2 is 1.97 bits per heavy atom. The maximum absolute atomic E-state index is 13.3. The van der Waals surface area contributed by atoms with Crippen molar-refractivity contribution in [2.75, 3.05) is 33.4 Å². The Balaban J connectivity index is 1.72. The van der Waals surface area contributed by atoms with E-state index in [1.54, 1.807) is 17.0 Å². The predicted molar refractivity (Wildman–Crippen MR) is 109 cm³/mol. The molecule has 1 saturated heterocycles. The maximum atomic E-state index is 13.3. The van der Waals surface area contributed by atoms with Crippen molar-refractivity contribution in [3.05, 3.63) is 53.6 Å². The quantitative estimate of drug-likeness (QED) is 0.717. The second-order valence-electron chi connectivity index (χ2n) is 7.53. The van der Waals surface area contributed by atoms with E-state index in [0.29, 0.717) is 36.8 Å². The highest BCUT2D eigenvalue weighted by atomic mass is 19.4. The van der Waals surface area contributed by atoms with Gasteiger partial charge >= 0.3 is 6.18 Å². The number of aliphatic imine (C=N–C) groups is 1. The Labute approximate surface area is 177 Å². The number of carbonyl (C=O) groups is 1. The number of amides is 1. The minimum atomic E-state index is -4.48. The van der Waals surface area contributed by atoms with Crippen LogP contribution >= 0.6 is 0 Å². The molecule has 1 fully saturated rings. The zero-order valence-corrected chi connectivity index (χ0v) is 17.1. The Bertz CT molecular complexity index is 1020. The number of benzene rings is 2. The molecule has 2 aromatic carbocycles. The Hall–Kier alpha value is -3.07. The average molecular weight is 433 g/mol. The number of ether oxygens (including phenoxy) is 2. The molecule has 2 aromatic rings. The van der Waals surface area contributed by atoms with Crippen LogP contribution in [-0.4, -0.2) is 60.9 Å². The molecule has 0 saturated carbocycles. The van der Waals surface area contributed by atoms with Crippen molar-refractivity contribution >= 4 is 17.4 Å². The molecule has 31 heavy (non-hydrogen) atoms. The number of alkyl halides is 3. The number of halogens is 3. The van der Waals surface area contributed by atoms with Gasteiger partial charge in [0.15, 0.2) is 5.75 Å². The van der Waals surface area contributed by atoms with Crippen molar-refractivity contribution in [2.24, 2.45) is 4.99 Å². The van der Waals surface area contributed by atoms with Crippen molar-refractivity contribution in [3.8, 4) is 11.5 Å². The molecular formula is C22H22F3N3O3. The van der Waals surface area contributed by atoms with Gasteiger partial charge in [0.2, 0.25) is 5.91 Å². The van der Waals surface area contributed by atoms with Crippen LogP contribution in [0.1, 0.15) is 18.1 Å². The summed E-state index contributed by atoms with van der Waals surface area (Å²) in [6.07, 6.45) is -4.48. The summed E-state index contributed by atoms with van der Waals surface area (Å²) in [5, 5.41) is 0. The Morgan fingerprint density at radius 3 is 2.68 bits per heavy atom. The summed E-state index contributed by atoms with van der Waals surface area (Å²) in [5.41, 5.74) is 0.0231. The van der Waals surface area contributed by atoms with E-state index in [1.165, 1.54) is 13.2 Å². The van der Waals surface area contributed by atoms with Gasteiger partial charge in [0.05, 0.1) is 11.1 Å². The first-order valence-electron chi connectivity index (χ1n) is 9.88. The summed E-state index contributed by atoms with van der Waals surface area (Å²) in [4.78, 5) is 20.6. The van der Waals surface area contributed by atoms with Gasteiger partial charge in [0.1, 0.15) is 23.9 Å². The average Bonchev–Trinajstić information content (AvgIpc) is 2.89. The van der Waals surface area contributed by atoms with Crippen molar-refractivity contribution in [1.82, 2.24) is 9.80 Å². The van der Waals surface area contributed by atoms with E-state index in [9.17, 15) is 18.0 Å². The highest BCUT2D eigenvalue weighted by molar-refractivity contribution is 6.04. The first kappa shape index (κ1) is 21.2. The number of para-hydroxylation sites is 1. The number of amidine groups is 1. The molecule has 6 nitrogen and oxygen atoms in total. The molecule has 2 aliphatic rings. The fourth-order valence-corrected chi connectivity index (χ4v) is 3.87. The standard InChI is InChI=1S/C22H22F3N3O3/c1-14-12-27(9-10-28(14)20(29)13-30-2)21-16-5-3-4-6-18(16)31-19-8-7-15(22(23,24)25)11-17(19)26-21/h3-8,11,14H,9-10,12-13H2,1-2H3. The van der Waals surface area contributed by atoms with Crippen LogP contribution in [0.5, 0.6) is 11.5 Å². The van der Waals surface area contributed by atoms with Crippen LogP contribution in [0.3, 0.4) is 0 Å². The number of hydrogen-bond acceptors (Lipinski definition) is 5. The molecule has 4 rings (SSSR count). The van der Waals surface area contributed by atoms with Gasteiger partial charge in [-0.15, -0.1) is 0 Å². The number of rotatable bonds is 2. The van der Waals surface area contributed by atoms with Gasteiger partial charge in [-0.3, -0.25) is 4.79 Å². The molecule has 0 aromatic heterocycles. The van der Waals surface area contributed by atoms with Crippen molar-refractivity contribution in [3.63, 3.8) is 0 Å². The normalized spacial score (nSPS) is 18.5. The lowest BCUT2D eigenvalue weighted by Crippen LogP contribution is -2.56. The Morgan fingerprint density at radius 1 is 1.19 bits per heavy atom. The van der Waals surface area contributed by atoms with Crippen LogP contribution in [0.15, 0.2) is 47.5 Å². The zero-order chi connectivity index (χ0) is 22.2. The third-order valence-electron chi connectivity index (χ3n) is 5.38. The lowest BCUT2D eigenvalue weighted by atomic mass is 10.1. The van der Waals surface area contributed by atoms with Gasteiger partial charge in [0.25, 0.3) is 0 Å². The summed E-state index contributed by atoms with van der Waals surface area (Å²) in [6, 6.07) is 10.4. The highest BCUT2D eigenvalue weighted by Gasteiger charge is 2.34. The van der Waals surface area contributed by atoms with Gasteiger partial charge in [-0.1, -0.05) is 12.1 Å². The monoisotopic (exact) mass is 433 g/mol. The van der Waals surface area contributed by atoms with Gasteiger partial charge in [-0.05, 0) is 37.3 Å². The van der Waals surface area contributed by atoms with Gasteiger partial charge in [-0.2, -0.15) is 13.2 Å². The molecule has 9 heteroatoms. The lowest BCUT2D eigenvalue weighted by Gasteiger charge is -2.41. The van der Waals surface area contributed by atoms with Crippen LogP contribution in [-0.2, 0) is 15.7 Å². The number of fused-ring (bicyclic) bond motifs is 2. The molecule has 0 N–H and O–H groups in total. The molecule has 1 atom stereocenters. The van der Waals surface area contributed by atoms with E-state index in [-0.39, 0.29) is 30.0 Å². The topological polar surface area (TPSA) is 54.4 Å². The van der Waals surface area contributed by atoms with Crippen LogP contribution in [0.4, 0.5) is 18.9 Å². The zero-order valence-electron chi connectivity index (χ0n) is 17.1. The first-order chi connectivity index (χ1) is 14.8. The van der Waals surface area contributed by atoms with Crippen molar-refractivity contribution in [1.29, 1.82) is 0 Å². The predicted octanol–water partition coefficient (Wildman–Crippen LogP) is 4.07. The minimum absolute atomic E-state index is 0.00948. The third kappa shape index (κ3) is 4.23. The van der Waals surface area contributed by atoms with E-state index in [0.717, 1.165) is 12.1 Å². The molecule has 0 aliphatic carbocycles. The fourth-order valence-electron chi connectivity index (χ4n) is 3.87. The molecule has 0 radical (unpaired) electrons. The van der Waals surface area contributed by atoms with E-state index >= 15 is 0 Å². The minimum Gasteiger partial charge on any atom is -0.454 e. The van der Waals surface area contributed by atoms with E-state index in [4.69, 9.17) is 9.47 Å². The molecular weight excluding hydrogens is 411 g/mol. The SMILES string of the molecule is COCC(=O)N1CCN(C2=Nc3cc(C(F)(F)F)ccc3Oc3ccccc32)CC1C. The molecule has 2 aliphatic heterocycles. The summed E-state index contributed by atoms with van der Waals surface area (Å²) < 4.78 is 50.7. The molecule has 164 valence electrons. The van der Waals surface area contributed by atoms with Crippen molar-refractivity contribution in [2.45, 2.75) is 19.1 Å². The first-order valence-corrected chi connectivity index (χ1v) is 9.88.